The first kappa shape index (κ1) is 21.1. The van der Waals surface area contributed by atoms with Crippen LogP contribution in [-0.2, 0) is 16.1 Å². The van der Waals surface area contributed by atoms with Crippen LogP contribution in [0.4, 0.5) is 13.2 Å². The Morgan fingerprint density at radius 2 is 1.82 bits per heavy atom. The number of likely N-dealkylation sites (tertiary alicyclic amines) is 1. The predicted molar refractivity (Wildman–Crippen MR) is 101 cm³/mol. The van der Waals surface area contributed by atoms with Crippen LogP contribution >= 0.6 is 0 Å². The molecule has 2 aliphatic rings. The second-order valence-electron chi connectivity index (χ2n) is 9.05. The fraction of sp³-hybridized carbons (Fsp3) is 0.667. The van der Waals surface area contributed by atoms with Gasteiger partial charge in [0.1, 0.15) is 11.1 Å². The summed E-state index contributed by atoms with van der Waals surface area (Å²) in [7, 11) is 0. The quantitative estimate of drug-likeness (QED) is 0.741. The molecule has 3 rings (SSSR count). The summed E-state index contributed by atoms with van der Waals surface area (Å²) in [6.45, 7) is 6.38. The van der Waals surface area contributed by atoms with Gasteiger partial charge in [0.05, 0.1) is 5.92 Å². The number of benzene rings is 1. The van der Waals surface area contributed by atoms with Crippen LogP contribution in [0.5, 0.6) is 0 Å². The van der Waals surface area contributed by atoms with E-state index in [0.29, 0.717) is 25.9 Å². The van der Waals surface area contributed by atoms with Crippen molar-refractivity contribution in [1.29, 1.82) is 0 Å². The van der Waals surface area contributed by atoms with Gasteiger partial charge >= 0.3 is 12.1 Å². The summed E-state index contributed by atoms with van der Waals surface area (Å²) >= 11 is 0. The van der Waals surface area contributed by atoms with Gasteiger partial charge in [-0.05, 0) is 45.1 Å². The lowest BCUT2D eigenvalue weighted by molar-refractivity contribution is -0.180. The van der Waals surface area contributed by atoms with Gasteiger partial charge in [0.2, 0.25) is 0 Å². The standard InChI is InChI=1S/C21H29F3N2O2/c1-19(2,3)28-18(27)20(9-10-20)25-11-16-13-26(14-17(16)21(22,23)24)12-15-7-5-4-6-8-15/h4-8,16-17,25H,9-14H2,1-3H3. The van der Waals surface area contributed by atoms with Crippen LogP contribution in [0.2, 0.25) is 0 Å². The highest BCUT2D eigenvalue weighted by molar-refractivity contribution is 5.84. The molecule has 156 valence electrons. The van der Waals surface area contributed by atoms with Crippen LogP contribution in [0, 0.1) is 11.8 Å². The van der Waals surface area contributed by atoms with E-state index in [-0.39, 0.29) is 19.1 Å². The van der Waals surface area contributed by atoms with E-state index in [2.05, 4.69) is 5.32 Å². The van der Waals surface area contributed by atoms with Crippen LogP contribution in [0.1, 0.15) is 39.2 Å². The lowest BCUT2D eigenvalue weighted by atomic mass is 9.95. The van der Waals surface area contributed by atoms with Crippen molar-refractivity contribution in [2.75, 3.05) is 19.6 Å². The summed E-state index contributed by atoms with van der Waals surface area (Å²) < 4.78 is 46.2. The highest BCUT2D eigenvalue weighted by atomic mass is 19.4. The summed E-state index contributed by atoms with van der Waals surface area (Å²) in [6, 6.07) is 9.53. The summed E-state index contributed by atoms with van der Waals surface area (Å²) in [4.78, 5) is 14.3. The van der Waals surface area contributed by atoms with Crippen molar-refractivity contribution >= 4 is 5.97 Å². The fourth-order valence-corrected chi connectivity index (χ4v) is 3.79. The summed E-state index contributed by atoms with van der Waals surface area (Å²) in [5.74, 6) is -2.33. The molecule has 1 N–H and O–H groups in total. The maximum absolute atomic E-state index is 13.6. The van der Waals surface area contributed by atoms with Crippen LogP contribution in [0.15, 0.2) is 30.3 Å². The van der Waals surface area contributed by atoms with Crippen LogP contribution in [0.25, 0.3) is 0 Å². The van der Waals surface area contributed by atoms with E-state index in [9.17, 15) is 18.0 Å². The van der Waals surface area contributed by atoms with Crippen LogP contribution in [0.3, 0.4) is 0 Å². The molecule has 0 aromatic heterocycles. The Balaban J connectivity index is 1.62. The van der Waals surface area contributed by atoms with E-state index in [4.69, 9.17) is 4.74 Å². The predicted octanol–water partition coefficient (Wildman–Crippen LogP) is 3.76. The minimum Gasteiger partial charge on any atom is -0.459 e. The van der Waals surface area contributed by atoms with Crippen molar-refractivity contribution in [3.05, 3.63) is 35.9 Å². The first-order chi connectivity index (χ1) is 13.0. The molecule has 2 fully saturated rings. The third-order valence-corrected chi connectivity index (χ3v) is 5.43. The van der Waals surface area contributed by atoms with Gasteiger partial charge in [-0.2, -0.15) is 13.2 Å². The average Bonchev–Trinajstić information content (AvgIpc) is 3.26. The third kappa shape index (κ3) is 5.26. The Morgan fingerprint density at radius 3 is 2.36 bits per heavy atom. The number of alkyl halides is 3. The summed E-state index contributed by atoms with van der Waals surface area (Å²) in [6.07, 6.45) is -3.03. The molecule has 1 heterocycles. The van der Waals surface area contributed by atoms with Gasteiger partial charge in [-0.1, -0.05) is 30.3 Å². The van der Waals surface area contributed by atoms with Gasteiger partial charge < -0.3 is 10.1 Å². The van der Waals surface area contributed by atoms with Gasteiger partial charge in [-0.15, -0.1) is 0 Å². The number of esters is 1. The molecule has 1 saturated heterocycles. The molecular formula is C21H29F3N2O2. The highest BCUT2D eigenvalue weighted by Crippen LogP contribution is 2.41. The Kier molecular flexibility index (Phi) is 5.79. The highest BCUT2D eigenvalue weighted by Gasteiger charge is 2.54. The minimum atomic E-state index is -4.25. The molecular weight excluding hydrogens is 369 g/mol. The molecule has 2 unspecified atom stereocenters. The van der Waals surface area contributed by atoms with Crippen molar-refractivity contribution < 1.29 is 22.7 Å². The number of carbonyl (C=O) groups is 1. The number of ether oxygens (including phenoxy) is 1. The zero-order valence-electron chi connectivity index (χ0n) is 16.7. The number of halogens is 3. The van der Waals surface area contributed by atoms with Crippen molar-refractivity contribution in [3.8, 4) is 0 Å². The molecule has 2 atom stereocenters. The number of rotatable bonds is 6. The number of nitrogens with zero attached hydrogens (tertiary/aromatic N) is 1. The van der Waals surface area contributed by atoms with Crippen molar-refractivity contribution in [1.82, 2.24) is 10.2 Å². The molecule has 0 radical (unpaired) electrons. The molecule has 7 heteroatoms. The van der Waals surface area contributed by atoms with Crippen molar-refractivity contribution in [3.63, 3.8) is 0 Å². The second kappa shape index (κ2) is 7.67. The van der Waals surface area contributed by atoms with Crippen LogP contribution in [-0.4, -0.2) is 47.8 Å². The molecule has 0 amide bonds. The Bertz CT molecular complexity index is 681. The fourth-order valence-electron chi connectivity index (χ4n) is 3.79. The first-order valence-corrected chi connectivity index (χ1v) is 9.80. The maximum atomic E-state index is 13.6. The zero-order valence-corrected chi connectivity index (χ0v) is 16.7. The lowest BCUT2D eigenvalue weighted by Gasteiger charge is -2.27. The molecule has 1 aliphatic carbocycles. The molecule has 4 nitrogen and oxygen atoms in total. The van der Waals surface area contributed by atoms with Gasteiger partial charge in [0.25, 0.3) is 0 Å². The van der Waals surface area contributed by atoms with Gasteiger partial charge in [0.15, 0.2) is 0 Å². The van der Waals surface area contributed by atoms with E-state index in [1.165, 1.54) is 0 Å². The molecule has 28 heavy (non-hydrogen) atoms. The van der Waals surface area contributed by atoms with Crippen molar-refractivity contribution in [2.45, 2.75) is 57.5 Å². The summed E-state index contributed by atoms with van der Waals surface area (Å²) in [5.41, 5.74) is -0.414. The Labute approximate surface area is 164 Å². The van der Waals surface area contributed by atoms with E-state index in [0.717, 1.165) is 5.56 Å². The largest absolute Gasteiger partial charge is 0.459 e. The molecule has 0 bridgehead atoms. The molecule has 1 aliphatic heterocycles. The van der Waals surface area contributed by atoms with Crippen molar-refractivity contribution in [2.24, 2.45) is 11.8 Å². The van der Waals surface area contributed by atoms with E-state index < -0.39 is 29.2 Å². The lowest BCUT2D eigenvalue weighted by Crippen LogP contribution is -2.47. The third-order valence-electron chi connectivity index (χ3n) is 5.43. The van der Waals surface area contributed by atoms with E-state index in [1.54, 1.807) is 20.8 Å². The zero-order chi connectivity index (χ0) is 20.6. The van der Waals surface area contributed by atoms with E-state index >= 15 is 0 Å². The minimum absolute atomic E-state index is 0.00974. The van der Waals surface area contributed by atoms with E-state index in [1.807, 2.05) is 35.2 Å². The number of hydrogen-bond donors (Lipinski definition) is 1. The average molecular weight is 398 g/mol. The normalized spacial score (nSPS) is 24.9. The SMILES string of the molecule is CC(C)(C)OC(=O)C1(NCC2CN(Cc3ccccc3)CC2C(F)(F)F)CC1. The topological polar surface area (TPSA) is 41.6 Å². The van der Waals surface area contributed by atoms with Crippen LogP contribution < -0.4 is 5.32 Å². The summed E-state index contributed by atoms with van der Waals surface area (Å²) in [5, 5.41) is 3.12. The molecule has 0 spiro atoms. The second-order valence-corrected chi connectivity index (χ2v) is 9.05. The maximum Gasteiger partial charge on any atom is 0.393 e. The number of hydrogen-bond acceptors (Lipinski definition) is 4. The number of nitrogens with one attached hydrogen (secondary N) is 1. The van der Waals surface area contributed by atoms with Gasteiger partial charge in [-0.3, -0.25) is 9.69 Å². The monoisotopic (exact) mass is 398 g/mol. The Hall–Kier alpha value is -1.60. The molecule has 1 aromatic carbocycles. The first-order valence-electron chi connectivity index (χ1n) is 9.80. The van der Waals surface area contributed by atoms with Gasteiger partial charge in [0, 0.05) is 26.2 Å². The molecule has 1 aromatic rings. The number of carbonyl (C=O) groups excluding carboxylic acids is 1. The van der Waals surface area contributed by atoms with Gasteiger partial charge in [-0.25, -0.2) is 0 Å². The Morgan fingerprint density at radius 1 is 1.18 bits per heavy atom. The molecule has 1 saturated carbocycles. The smallest absolute Gasteiger partial charge is 0.393 e.